The number of nitrogens with zero attached hydrogens (tertiary/aromatic N) is 2. The molecule has 0 unspecified atom stereocenters. The van der Waals surface area contributed by atoms with Crippen molar-refractivity contribution in [3.8, 4) is 0 Å². The maximum absolute atomic E-state index is 6.20. The zero-order valence-corrected chi connectivity index (χ0v) is 13.4. The van der Waals surface area contributed by atoms with Crippen molar-refractivity contribution < 1.29 is 4.74 Å². The molecule has 116 valence electrons. The molecule has 0 atom stereocenters. The Morgan fingerprint density at radius 1 is 1.10 bits per heavy atom. The van der Waals surface area contributed by atoms with Crippen LogP contribution in [0.15, 0.2) is 0 Å². The lowest BCUT2D eigenvalue weighted by molar-refractivity contribution is -0.0769. The van der Waals surface area contributed by atoms with E-state index in [1.165, 1.54) is 36.2 Å². The van der Waals surface area contributed by atoms with E-state index in [0.29, 0.717) is 0 Å². The van der Waals surface area contributed by atoms with Crippen molar-refractivity contribution in [1.82, 2.24) is 15.3 Å². The summed E-state index contributed by atoms with van der Waals surface area (Å²) in [7, 11) is 0. The molecule has 0 spiro atoms. The van der Waals surface area contributed by atoms with Crippen LogP contribution >= 0.6 is 0 Å². The lowest BCUT2D eigenvalue weighted by Crippen LogP contribution is -2.35. The molecule has 0 bridgehead atoms. The molecule has 0 saturated heterocycles. The van der Waals surface area contributed by atoms with E-state index in [1.807, 2.05) is 0 Å². The van der Waals surface area contributed by atoms with E-state index < -0.39 is 0 Å². The first-order valence-electron chi connectivity index (χ1n) is 8.53. The summed E-state index contributed by atoms with van der Waals surface area (Å²) in [6.07, 6.45) is 8.07. The molecule has 1 aromatic heterocycles. The summed E-state index contributed by atoms with van der Waals surface area (Å²) in [6, 6.07) is 0. The number of nitrogens with one attached hydrogen (secondary N) is 1. The van der Waals surface area contributed by atoms with E-state index in [0.717, 1.165) is 51.2 Å². The van der Waals surface area contributed by atoms with E-state index in [4.69, 9.17) is 14.7 Å². The molecular weight excluding hydrogens is 262 g/mol. The fraction of sp³-hybridized carbons (Fsp3) is 0.765. The van der Waals surface area contributed by atoms with Crippen LogP contribution < -0.4 is 5.32 Å². The van der Waals surface area contributed by atoms with Gasteiger partial charge in [0.05, 0.1) is 5.69 Å². The summed E-state index contributed by atoms with van der Waals surface area (Å²) in [5, 5.41) is 3.42. The molecule has 1 aliphatic carbocycles. The smallest absolute Gasteiger partial charge is 0.160 e. The molecule has 1 aliphatic heterocycles. The highest BCUT2D eigenvalue weighted by Gasteiger charge is 2.38. The fourth-order valence-electron chi connectivity index (χ4n) is 3.72. The van der Waals surface area contributed by atoms with Gasteiger partial charge in [0.25, 0.3) is 0 Å². The molecule has 0 amide bonds. The van der Waals surface area contributed by atoms with Crippen LogP contribution in [0.3, 0.4) is 0 Å². The van der Waals surface area contributed by atoms with E-state index in [9.17, 15) is 0 Å². The summed E-state index contributed by atoms with van der Waals surface area (Å²) >= 11 is 0. The van der Waals surface area contributed by atoms with Gasteiger partial charge in [0.2, 0.25) is 0 Å². The Labute approximate surface area is 127 Å². The van der Waals surface area contributed by atoms with Gasteiger partial charge in [-0.3, -0.25) is 0 Å². The number of hydrogen-bond acceptors (Lipinski definition) is 4. The number of hydrogen-bond donors (Lipinski definition) is 1. The van der Waals surface area contributed by atoms with Crippen LogP contribution in [0.5, 0.6) is 0 Å². The minimum absolute atomic E-state index is 0.229. The van der Waals surface area contributed by atoms with Crippen molar-refractivity contribution >= 4 is 0 Å². The molecule has 2 heterocycles. The molecule has 2 aliphatic rings. The van der Waals surface area contributed by atoms with Gasteiger partial charge < -0.3 is 10.1 Å². The van der Waals surface area contributed by atoms with Gasteiger partial charge in [0, 0.05) is 31.0 Å². The summed E-state index contributed by atoms with van der Waals surface area (Å²) in [5.74, 6) is 0.954. The Morgan fingerprint density at radius 2 is 1.90 bits per heavy atom. The molecule has 21 heavy (non-hydrogen) atoms. The molecule has 4 nitrogen and oxygen atoms in total. The molecular formula is C17H27N3O. The van der Waals surface area contributed by atoms with Crippen molar-refractivity contribution in [1.29, 1.82) is 0 Å². The van der Waals surface area contributed by atoms with Crippen LogP contribution in [0.4, 0.5) is 0 Å². The first-order chi connectivity index (χ1) is 10.3. The largest absolute Gasteiger partial charge is 0.367 e. The maximum atomic E-state index is 6.20. The zero-order valence-electron chi connectivity index (χ0n) is 13.4. The number of aromatic nitrogens is 2. The molecule has 3 rings (SSSR count). The van der Waals surface area contributed by atoms with Gasteiger partial charge in [0.1, 0.15) is 5.60 Å². The Hall–Kier alpha value is -1.00. The number of rotatable bonds is 5. The lowest BCUT2D eigenvalue weighted by atomic mass is 9.83. The van der Waals surface area contributed by atoms with E-state index in [1.54, 1.807) is 0 Å². The second kappa shape index (κ2) is 6.41. The quantitative estimate of drug-likeness (QED) is 0.904. The van der Waals surface area contributed by atoms with Crippen LogP contribution in [0.1, 0.15) is 75.1 Å². The highest BCUT2D eigenvalue weighted by Crippen LogP contribution is 2.39. The van der Waals surface area contributed by atoms with Crippen molar-refractivity contribution in [2.24, 2.45) is 0 Å². The molecule has 0 aromatic carbocycles. The molecule has 0 radical (unpaired) electrons. The second-order valence-corrected chi connectivity index (χ2v) is 6.26. The predicted octanol–water partition coefficient (Wildman–Crippen LogP) is 3.23. The first kappa shape index (κ1) is 14.9. The van der Waals surface area contributed by atoms with Crippen molar-refractivity contribution in [2.45, 2.75) is 77.5 Å². The van der Waals surface area contributed by atoms with Crippen LogP contribution in [-0.2, 0) is 29.8 Å². The van der Waals surface area contributed by atoms with E-state index >= 15 is 0 Å². The standard InChI is InChI=1S/C17H27N3O/c1-3-8-14-13-11-18-12-15(13)20-16(19-14)17(21-4-2)9-6-5-7-10-17/h18H,3-12H2,1-2H3. The Morgan fingerprint density at radius 3 is 2.62 bits per heavy atom. The average molecular weight is 289 g/mol. The molecule has 1 N–H and O–H groups in total. The van der Waals surface area contributed by atoms with Crippen LogP contribution in [0.2, 0.25) is 0 Å². The van der Waals surface area contributed by atoms with E-state index in [2.05, 4.69) is 19.2 Å². The lowest BCUT2D eigenvalue weighted by Gasteiger charge is -2.36. The van der Waals surface area contributed by atoms with Crippen LogP contribution in [0.25, 0.3) is 0 Å². The van der Waals surface area contributed by atoms with E-state index in [-0.39, 0.29) is 5.60 Å². The first-order valence-corrected chi connectivity index (χ1v) is 8.53. The maximum Gasteiger partial charge on any atom is 0.160 e. The van der Waals surface area contributed by atoms with Crippen LogP contribution in [0, 0.1) is 0 Å². The SMILES string of the molecule is CCCc1nc(C2(OCC)CCCCC2)nc2c1CNC2. The van der Waals surface area contributed by atoms with Gasteiger partial charge >= 0.3 is 0 Å². The molecule has 4 heteroatoms. The summed E-state index contributed by atoms with van der Waals surface area (Å²) in [5.41, 5.74) is 3.55. The van der Waals surface area contributed by atoms with Gasteiger partial charge in [-0.1, -0.05) is 32.6 Å². The van der Waals surface area contributed by atoms with Gasteiger partial charge in [-0.15, -0.1) is 0 Å². The Kier molecular flexibility index (Phi) is 4.55. The number of fused-ring (bicyclic) bond motifs is 1. The highest BCUT2D eigenvalue weighted by atomic mass is 16.5. The topological polar surface area (TPSA) is 47.0 Å². The summed E-state index contributed by atoms with van der Waals surface area (Å²) in [6.45, 7) is 6.84. The zero-order chi connectivity index (χ0) is 14.7. The fourth-order valence-corrected chi connectivity index (χ4v) is 3.72. The Bertz CT molecular complexity index is 490. The molecule has 1 saturated carbocycles. The van der Waals surface area contributed by atoms with Gasteiger partial charge in [-0.25, -0.2) is 9.97 Å². The number of ether oxygens (including phenoxy) is 1. The van der Waals surface area contributed by atoms with Crippen molar-refractivity contribution in [3.63, 3.8) is 0 Å². The van der Waals surface area contributed by atoms with Crippen LogP contribution in [-0.4, -0.2) is 16.6 Å². The van der Waals surface area contributed by atoms with Gasteiger partial charge in [-0.2, -0.15) is 0 Å². The number of aryl methyl sites for hydroxylation is 1. The minimum Gasteiger partial charge on any atom is -0.367 e. The molecule has 1 aromatic rings. The van der Waals surface area contributed by atoms with Crippen molar-refractivity contribution in [3.05, 3.63) is 22.8 Å². The normalized spacial score (nSPS) is 20.5. The third-order valence-electron chi connectivity index (χ3n) is 4.75. The average Bonchev–Trinajstić information content (AvgIpc) is 2.97. The van der Waals surface area contributed by atoms with Gasteiger partial charge in [-0.05, 0) is 26.2 Å². The second-order valence-electron chi connectivity index (χ2n) is 6.26. The molecule has 1 fully saturated rings. The van der Waals surface area contributed by atoms with Crippen molar-refractivity contribution in [2.75, 3.05) is 6.61 Å². The third kappa shape index (κ3) is 2.84. The highest BCUT2D eigenvalue weighted by molar-refractivity contribution is 5.30. The third-order valence-corrected chi connectivity index (χ3v) is 4.75. The summed E-state index contributed by atoms with van der Waals surface area (Å²) in [4.78, 5) is 9.88. The Balaban J connectivity index is 2.01. The van der Waals surface area contributed by atoms with Gasteiger partial charge in [0.15, 0.2) is 5.82 Å². The summed E-state index contributed by atoms with van der Waals surface area (Å²) < 4.78 is 6.20. The minimum atomic E-state index is -0.229. The predicted molar refractivity (Wildman–Crippen MR) is 83.0 cm³/mol. The monoisotopic (exact) mass is 289 g/mol.